The Morgan fingerprint density at radius 1 is 0.976 bits per heavy atom. The summed E-state index contributed by atoms with van der Waals surface area (Å²) in [7, 11) is -3.91. The normalized spacial score (nSPS) is 37.9. The highest BCUT2D eigenvalue weighted by molar-refractivity contribution is 7.90. The fourth-order valence-corrected chi connectivity index (χ4v) is 12.6. The highest BCUT2D eigenvalue weighted by Crippen LogP contribution is 2.69. The van der Waals surface area contributed by atoms with E-state index >= 15 is 0 Å². The van der Waals surface area contributed by atoms with E-state index in [0.717, 1.165) is 41.6 Å². The molecule has 5 heteroatoms. The summed E-state index contributed by atoms with van der Waals surface area (Å²) in [6.07, 6.45) is 14.9. The van der Waals surface area contributed by atoms with Gasteiger partial charge in [0.25, 0.3) is 10.0 Å². The van der Waals surface area contributed by atoms with E-state index in [-0.39, 0.29) is 22.6 Å². The van der Waals surface area contributed by atoms with E-state index in [1.807, 2.05) is 32.9 Å². The Labute approximate surface area is 251 Å². The van der Waals surface area contributed by atoms with Gasteiger partial charge in [-0.15, -0.1) is 0 Å². The number of hydrogen-bond donors (Lipinski definition) is 1. The van der Waals surface area contributed by atoms with Crippen molar-refractivity contribution in [1.29, 1.82) is 0 Å². The summed E-state index contributed by atoms with van der Waals surface area (Å²) in [6.45, 7) is 16.0. The zero-order chi connectivity index (χ0) is 29.8. The molecule has 4 aliphatic rings. The quantitative estimate of drug-likeness (QED) is 0.349. The third-order valence-corrected chi connectivity index (χ3v) is 14.5. The lowest BCUT2D eigenvalue weighted by molar-refractivity contribution is -0.138. The van der Waals surface area contributed by atoms with Gasteiger partial charge in [-0.25, -0.2) is 13.1 Å². The van der Waals surface area contributed by atoms with Crippen LogP contribution < -0.4 is 4.72 Å². The van der Waals surface area contributed by atoms with Crippen LogP contribution >= 0.6 is 0 Å². The van der Waals surface area contributed by atoms with E-state index < -0.39 is 10.0 Å². The van der Waals surface area contributed by atoms with Gasteiger partial charge in [-0.05, 0) is 121 Å². The highest BCUT2D eigenvalue weighted by atomic mass is 32.2. The standard InChI is InChI=1S/C36H57NO3S/c1-8-25-23-26-29-18-17-27(36(29,7)22-20-30(26)35(6)21-12-11-13-28(25)35)24(2)16-19-33(38)37-41(39,40)32-15-10-9-14-31(32)34(3,4)5/h9-10,14-15,24-30H,8,11-13,16-23H2,1-7H3,(H,37,38)/t24-,25+,26?,27-,28+,29?,30?,35+,36-/m1/s1. The van der Waals surface area contributed by atoms with E-state index in [1.165, 1.54) is 64.2 Å². The second-order valence-corrected chi connectivity index (χ2v) is 17.8. The summed E-state index contributed by atoms with van der Waals surface area (Å²) in [4.78, 5) is 13.2. The monoisotopic (exact) mass is 583 g/mol. The smallest absolute Gasteiger partial charge is 0.264 e. The molecule has 5 rings (SSSR count). The molecule has 1 aromatic carbocycles. The molecule has 4 aliphatic carbocycles. The van der Waals surface area contributed by atoms with Crippen LogP contribution in [0.5, 0.6) is 0 Å². The molecule has 0 saturated heterocycles. The van der Waals surface area contributed by atoms with Crippen molar-refractivity contribution >= 4 is 15.9 Å². The summed E-state index contributed by atoms with van der Waals surface area (Å²) in [5.74, 6) is 5.07. The SMILES string of the molecule is CC[C@H]1CC2C3CC[C@H]([C@H](C)CCC(=O)NS(=O)(=O)c4ccccc4C(C)(C)C)[C@@]3(C)CCC2[C@@]2(C)CCCC[C@@H]12. The van der Waals surface area contributed by atoms with E-state index in [1.54, 1.807) is 12.1 Å². The summed E-state index contributed by atoms with van der Waals surface area (Å²) in [5.41, 5.74) is 1.30. The third-order valence-electron chi connectivity index (χ3n) is 13.1. The molecule has 1 N–H and O–H groups in total. The summed E-state index contributed by atoms with van der Waals surface area (Å²) < 4.78 is 28.9. The molecule has 0 heterocycles. The Hall–Kier alpha value is -1.36. The first kappa shape index (κ1) is 31.1. The van der Waals surface area contributed by atoms with Crippen molar-refractivity contribution in [3.05, 3.63) is 29.8 Å². The van der Waals surface area contributed by atoms with Gasteiger partial charge in [0.2, 0.25) is 5.91 Å². The molecule has 9 atom stereocenters. The number of sulfonamides is 1. The van der Waals surface area contributed by atoms with E-state index in [9.17, 15) is 13.2 Å². The topological polar surface area (TPSA) is 63.2 Å². The van der Waals surface area contributed by atoms with Crippen LogP contribution in [-0.4, -0.2) is 14.3 Å². The largest absolute Gasteiger partial charge is 0.274 e. The zero-order valence-corrected chi connectivity index (χ0v) is 27.8. The molecule has 4 nitrogen and oxygen atoms in total. The van der Waals surface area contributed by atoms with Crippen LogP contribution in [0, 0.1) is 52.3 Å². The van der Waals surface area contributed by atoms with E-state index in [0.29, 0.717) is 22.7 Å². The van der Waals surface area contributed by atoms with Gasteiger partial charge in [-0.1, -0.05) is 85.9 Å². The molecule has 1 amide bonds. The number of hydrogen-bond acceptors (Lipinski definition) is 3. The average Bonchev–Trinajstić information content (AvgIpc) is 3.27. The number of carbonyl (C=O) groups is 1. The molecule has 41 heavy (non-hydrogen) atoms. The van der Waals surface area contributed by atoms with Crippen LogP contribution in [0.1, 0.15) is 131 Å². The lowest BCUT2D eigenvalue weighted by Crippen LogP contribution is -2.55. The first-order chi connectivity index (χ1) is 19.2. The molecule has 0 spiro atoms. The zero-order valence-electron chi connectivity index (χ0n) is 27.0. The van der Waals surface area contributed by atoms with E-state index in [2.05, 4.69) is 32.4 Å². The van der Waals surface area contributed by atoms with Crippen molar-refractivity contribution in [2.45, 2.75) is 136 Å². The van der Waals surface area contributed by atoms with Crippen molar-refractivity contribution in [2.75, 3.05) is 0 Å². The molecule has 0 aromatic heterocycles. The van der Waals surface area contributed by atoms with Crippen LogP contribution in [0.4, 0.5) is 0 Å². The summed E-state index contributed by atoms with van der Waals surface area (Å²) in [6, 6.07) is 7.04. The van der Waals surface area contributed by atoms with Crippen LogP contribution in [0.2, 0.25) is 0 Å². The van der Waals surface area contributed by atoms with Gasteiger partial charge in [-0.2, -0.15) is 0 Å². The van der Waals surface area contributed by atoms with Crippen LogP contribution in [0.3, 0.4) is 0 Å². The Bertz CT molecular complexity index is 1220. The maximum Gasteiger partial charge on any atom is 0.264 e. The van der Waals surface area contributed by atoms with Crippen molar-refractivity contribution in [2.24, 2.45) is 52.3 Å². The second kappa shape index (κ2) is 11.3. The minimum absolute atomic E-state index is 0.212. The minimum Gasteiger partial charge on any atom is -0.274 e. The first-order valence-corrected chi connectivity index (χ1v) is 18.4. The van der Waals surface area contributed by atoms with Gasteiger partial charge >= 0.3 is 0 Å². The molecule has 1 aromatic rings. The maximum absolute atomic E-state index is 13.2. The Morgan fingerprint density at radius 2 is 1.68 bits per heavy atom. The molecule has 0 radical (unpaired) electrons. The molecule has 3 unspecified atom stereocenters. The van der Waals surface area contributed by atoms with Crippen LogP contribution in [-0.2, 0) is 20.2 Å². The fourth-order valence-electron chi connectivity index (χ4n) is 11.1. The van der Waals surface area contributed by atoms with Crippen molar-refractivity contribution in [1.82, 2.24) is 4.72 Å². The van der Waals surface area contributed by atoms with Gasteiger partial charge in [0, 0.05) is 6.42 Å². The van der Waals surface area contributed by atoms with Crippen LogP contribution in [0.15, 0.2) is 29.2 Å². The number of benzene rings is 1. The molecular formula is C36H57NO3S. The minimum atomic E-state index is -3.91. The molecule has 0 bridgehead atoms. The number of carbonyl (C=O) groups excluding carboxylic acids is 1. The maximum atomic E-state index is 13.2. The average molecular weight is 584 g/mol. The highest BCUT2D eigenvalue weighted by Gasteiger charge is 2.61. The Balaban J connectivity index is 1.24. The number of nitrogens with one attached hydrogen (secondary N) is 1. The Kier molecular flexibility index (Phi) is 8.56. The molecule has 0 aliphatic heterocycles. The van der Waals surface area contributed by atoms with Crippen LogP contribution in [0.25, 0.3) is 0 Å². The van der Waals surface area contributed by atoms with Crippen molar-refractivity contribution in [3.63, 3.8) is 0 Å². The van der Waals surface area contributed by atoms with Gasteiger partial charge in [0.05, 0.1) is 4.90 Å². The van der Waals surface area contributed by atoms with Crippen molar-refractivity contribution < 1.29 is 13.2 Å². The molecule has 4 saturated carbocycles. The van der Waals surface area contributed by atoms with Gasteiger partial charge in [-0.3, -0.25) is 4.79 Å². The lowest BCUT2D eigenvalue weighted by atomic mass is 9.42. The fraction of sp³-hybridized carbons (Fsp3) is 0.806. The predicted molar refractivity (Wildman–Crippen MR) is 168 cm³/mol. The van der Waals surface area contributed by atoms with Gasteiger partial charge in [0.1, 0.15) is 0 Å². The summed E-state index contributed by atoms with van der Waals surface area (Å²) >= 11 is 0. The lowest BCUT2D eigenvalue weighted by Gasteiger charge is -2.63. The molecule has 230 valence electrons. The third kappa shape index (κ3) is 5.55. The number of fused-ring (bicyclic) bond motifs is 5. The molecule has 4 fully saturated rings. The Morgan fingerprint density at radius 3 is 2.39 bits per heavy atom. The second-order valence-electron chi connectivity index (χ2n) is 16.2. The first-order valence-electron chi connectivity index (χ1n) is 16.9. The van der Waals surface area contributed by atoms with E-state index in [4.69, 9.17) is 0 Å². The predicted octanol–water partition coefficient (Wildman–Crippen LogP) is 8.89. The number of rotatable bonds is 7. The van der Waals surface area contributed by atoms with Gasteiger partial charge in [0.15, 0.2) is 0 Å². The number of amides is 1. The van der Waals surface area contributed by atoms with Gasteiger partial charge < -0.3 is 0 Å². The summed E-state index contributed by atoms with van der Waals surface area (Å²) in [5, 5.41) is 0. The molecular weight excluding hydrogens is 526 g/mol. The van der Waals surface area contributed by atoms with Crippen molar-refractivity contribution in [3.8, 4) is 0 Å².